The second-order valence-electron chi connectivity index (χ2n) is 9.03. The minimum Gasteiger partial charge on any atom is -0.349 e. The third-order valence-corrected chi connectivity index (χ3v) is 8.93. The van der Waals surface area contributed by atoms with Gasteiger partial charge in [-0.2, -0.15) is 4.31 Å². The van der Waals surface area contributed by atoms with Crippen LogP contribution in [0.3, 0.4) is 0 Å². The van der Waals surface area contributed by atoms with Crippen LogP contribution in [0.2, 0.25) is 0 Å². The first-order valence-corrected chi connectivity index (χ1v) is 12.7. The van der Waals surface area contributed by atoms with Crippen LogP contribution in [0, 0.1) is 11.8 Å². The molecule has 0 aromatic heterocycles. The third kappa shape index (κ3) is 4.09. The van der Waals surface area contributed by atoms with Crippen LogP contribution in [0.15, 0.2) is 66.1 Å². The number of rotatable bonds is 6. The van der Waals surface area contributed by atoms with Crippen molar-refractivity contribution in [1.29, 1.82) is 0 Å². The molecule has 2 aromatic rings. The molecule has 3 atom stereocenters. The molecular formula is C25H27N3O4S. The van der Waals surface area contributed by atoms with Gasteiger partial charge in [-0.25, -0.2) is 8.42 Å². The first-order valence-electron chi connectivity index (χ1n) is 11.3. The summed E-state index contributed by atoms with van der Waals surface area (Å²) >= 11 is 0. The number of carbonyl (C=O) groups is 2. The molecule has 0 spiro atoms. The number of nitrogens with one attached hydrogen (secondary N) is 2. The Morgan fingerprint density at radius 3 is 2.39 bits per heavy atom. The molecule has 2 amide bonds. The molecule has 1 aliphatic heterocycles. The zero-order valence-corrected chi connectivity index (χ0v) is 19.1. The van der Waals surface area contributed by atoms with E-state index in [1.807, 2.05) is 12.1 Å². The minimum atomic E-state index is -3.64. The SMILES string of the molecule is C=CC(=O)NC1C2CN(S(=O)(=O)c3ccc(C(=O)NC4CCCc5ccccc54)cc3)CC21. The van der Waals surface area contributed by atoms with Gasteiger partial charge in [0.1, 0.15) is 0 Å². The maximum Gasteiger partial charge on any atom is 0.251 e. The Balaban J connectivity index is 1.23. The quantitative estimate of drug-likeness (QED) is 0.641. The van der Waals surface area contributed by atoms with Crippen LogP contribution in [0.1, 0.15) is 40.4 Å². The second kappa shape index (κ2) is 8.43. The monoisotopic (exact) mass is 465 g/mol. The molecule has 1 saturated carbocycles. The predicted octanol–water partition coefficient (Wildman–Crippen LogP) is 2.42. The molecule has 2 fully saturated rings. The van der Waals surface area contributed by atoms with E-state index in [0.29, 0.717) is 18.7 Å². The average Bonchev–Trinajstić information content (AvgIpc) is 3.25. The van der Waals surface area contributed by atoms with E-state index in [9.17, 15) is 18.0 Å². The third-order valence-electron chi connectivity index (χ3n) is 7.08. The standard InChI is InChI=1S/C25H27N3O4S/c1-2-23(29)27-24-20-14-28(15-21(20)24)33(31,32)18-12-10-17(11-13-18)25(30)26-22-9-5-7-16-6-3-4-8-19(16)22/h2-4,6,8,10-13,20-22,24H,1,5,7,9,14-15H2,(H,26,30)(H,27,29). The molecule has 2 aliphatic carbocycles. The van der Waals surface area contributed by atoms with Crippen LogP contribution in [0.4, 0.5) is 0 Å². The molecule has 3 aliphatic rings. The summed E-state index contributed by atoms with van der Waals surface area (Å²) < 4.78 is 27.6. The van der Waals surface area contributed by atoms with Crippen molar-refractivity contribution >= 4 is 21.8 Å². The lowest BCUT2D eigenvalue weighted by atomic mass is 9.87. The van der Waals surface area contributed by atoms with Crippen molar-refractivity contribution in [3.63, 3.8) is 0 Å². The highest BCUT2D eigenvalue weighted by atomic mass is 32.2. The molecule has 8 heteroatoms. The van der Waals surface area contributed by atoms with Gasteiger partial charge >= 0.3 is 0 Å². The summed E-state index contributed by atoms with van der Waals surface area (Å²) in [5, 5.41) is 5.96. The topological polar surface area (TPSA) is 95.6 Å². The Morgan fingerprint density at radius 1 is 1.00 bits per heavy atom. The number of piperidine rings is 1. The van der Waals surface area contributed by atoms with Crippen molar-refractivity contribution in [3.05, 3.63) is 77.9 Å². The van der Waals surface area contributed by atoms with Crippen molar-refractivity contribution in [1.82, 2.24) is 14.9 Å². The summed E-state index contributed by atoms with van der Waals surface area (Å²) in [6.45, 7) is 4.22. The van der Waals surface area contributed by atoms with Crippen LogP contribution in [0.5, 0.6) is 0 Å². The highest BCUT2D eigenvalue weighted by Crippen LogP contribution is 2.47. The van der Waals surface area contributed by atoms with E-state index >= 15 is 0 Å². The van der Waals surface area contributed by atoms with E-state index in [0.717, 1.165) is 24.8 Å². The fraction of sp³-hybridized carbons (Fsp3) is 0.360. The van der Waals surface area contributed by atoms with Crippen LogP contribution < -0.4 is 10.6 Å². The predicted molar refractivity (Wildman–Crippen MR) is 124 cm³/mol. The highest BCUT2D eigenvalue weighted by molar-refractivity contribution is 7.89. The van der Waals surface area contributed by atoms with E-state index in [2.05, 4.69) is 29.3 Å². The summed E-state index contributed by atoms with van der Waals surface area (Å²) in [6, 6.07) is 14.3. The molecule has 2 aromatic carbocycles. The molecule has 2 N–H and O–H groups in total. The number of hydrogen-bond acceptors (Lipinski definition) is 4. The molecule has 0 bridgehead atoms. The van der Waals surface area contributed by atoms with E-state index in [1.165, 1.54) is 28.1 Å². The maximum absolute atomic E-state index is 13.0. The molecule has 33 heavy (non-hydrogen) atoms. The number of carbonyl (C=O) groups excluding carboxylic acids is 2. The van der Waals surface area contributed by atoms with Gasteiger partial charge in [0.25, 0.3) is 5.91 Å². The lowest BCUT2D eigenvalue weighted by Crippen LogP contribution is -2.37. The molecule has 172 valence electrons. The number of nitrogens with zero attached hydrogens (tertiary/aromatic N) is 1. The first-order chi connectivity index (χ1) is 15.9. The van der Waals surface area contributed by atoms with Gasteiger partial charge < -0.3 is 10.6 Å². The molecule has 0 radical (unpaired) electrons. The van der Waals surface area contributed by atoms with Gasteiger partial charge in [-0.3, -0.25) is 9.59 Å². The van der Waals surface area contributed by atoms with Crippen molar-refractivity contribution in [3.8, 4) is 0 Å². The number of fused-ring (bicyclic) bond motifs is 2. The highest BCUT2D eigenvalue weighted by Gasteiger charge is 2.58. The molecule has 5 rings (SSSR count). The zero-order chi connectivity index (χ0) is 23.2. The Bertz CT molecular complexity index is 1200. The van der Waals surface area contributed by atoms with Crippen LogP contribution in [0.25, 0.3) is 0 Å². The number of amides is 2. The Morgan fingerprint density at radius 2 is 1.70 bits per heavy atom. The van der Waals surface area contributed by atoms with Crippen LogP contribution in [-0.2, 0) is 21.2 Å². The summed E-state index contributed by atoms with van der Waals surface area (Å²) in [6.07, 6.45) is 4.16. The van der Waals surface area contributed by atoms with Crippen molar-refractivity contribution < 1.29 is 18.0 Å². The van der Waals surface area contributed by atoms with Crippen molar-refractivity contribution in [2.24, 2.45) is 11.8 Å². The molecule has 3 unspecified atom stereocenters. The molecule has 1 saturated heterocycles. The van der Waals surface area contributed by atoms with Gasteiger partial charge in [0.2, 0.25) is 15.9 Å². The molecule has 7 nitrogen and oxygen atoms in total. The van der Waals surface area contributed by atoms with Crippen LogP contribution in [-0.4, -0.2) is 43.7 Å². The normalized spacial score (nSPS) is 26.1. The summed E-state index contributed by atoms with van der Waals surface area (Å²) in [7, 11) is -3.64. The Kier molecular flexibility index (Phi) is 5.58. The Hall–Kier alpha value is -2.97. The zero-order valence-electron chi connectivity index (χ0n) is 18.2. The lowest BCUT2D eigenvalue weighted by Gasteiger charge is -2.26. The summed E-state index contributed by atoms with van der Waals surface area (Å²) in [4.78, 5) is 24.5. The van der Waals surface area contributed by atoms with Crippen molar-refractivity contribution in [2.75, 3.05) is 13.1 Å². The fourth-order valence-corrected chi connectivity index (χ4v) is 6.71. The first kappa shape index (κ1) is 21.9. The van der Waals surface area contributed by atoms with Gasteiger partial charge in [0.15, 0.2) is 0 Å². The van der Waals surface area contributed by atoms with E-state index in [1.54, 1.807) is 12.1 Å². The number of benzene rings is 2. The van der Waals surface area contributed by atoms with Gasteiger partial charge in [0.05, 0.1) is 10.9 Å². The minimum absolute atomic E-state index is 0.0259. The summed E-state index contributed by atoms with van der Waals surface area (Å²) in [5.41, 5.74) is 2.87. The Labute approximate surface area is 193 Å². The lowest BCUT2D eigenvalue weighted by molar-refractivity contribution is -0.116. The molecular weight excluding hydrogens is 438 g/mol. The largest absolute Gasteiger partial charge is 0.349 e. The number of aryl methyl sites for hydroxylation is 1. The van der Waals surface area contributed by atoms with Gasteiger partial charge in [-0.15, -0.1) is 0 Å². The summed E-state index contributed by atoms with van der Waals surface area (Å²) in [5.74, 6) is -0.141. The van der Waals surface area contributed by atoms with E-state index in [4.69, 9.17) is 0 Å². The fourth-order valence-electron chi connectivity index (χ4n) is 5.19. The van der Waals surface area contributed by atoms with Crippen molar-refractivity contribution in [2.45, 2.75) is 36.2 Å². The number of sulfonamides is 1. The van der Waals surface area contributed by atoms with E-state index < -0.39 is 10.0 Å². The number of hydrogen-bond donors (Lipinski definition) is 2. The maximum atomic E-state index is 13.0. The second-order valence-corrected chi connectivity index (χ2v) is 11.0. The average molecular weight is 466 g/mol. The molecule has 1 heterocycles. The van der Waals surface area contributed by atoms with Gasteiger partial charge in [0, 0.05) is 24.7 Å². The van der Waals surface area contributed by atoms with Gasteiger partial charge in [-0.1, -0.05) is 30.8 Å². The van der Waals surface area contributed by atoms with Crippen LogP contribution >= 0.6 is 0 Å². The smallest absolute Gasteiger partial charge is 0.251 e. The van der Waals surface area contributed by atoms with Gasteiger partial charge in [-0.05, 0) is 72.6 Å². The van der Waals surface area contributed by atoms with E-state index in [-0.39, 0.29) is 40.6 Å².